The third-order valence-electron chi connectivity index (χ3n) is 5.87. The molecule has 4 rings (SSSR count). The van der Waals surface area contributed by atoms with Crippen LogP contribution in [0.3, 0.4) is 0 Å². The second-order valence-electron chi connectivity index (χ2n) is 7.99. The minimum atomic E-state index is -0.334. The molecule has 0 aliphatic carbocycles. The van der Waals surface area contributed by atoms with Gasteiger partial charge in [0.05, 0.1) is 19.1 Å². The number of amides is 2. The highest BCUT2D eigenvalue weighted by molar-refractivity contribution is 5.94. The van der Waals surface area contributed by atoms with E-state index in [4.69, 9.17) is 0 Å². The monoisotopic (exact) mass is 435 g/mol. The van der Waals surface area contributed by atoms with Crippen molar-refractivity contribution < 1.29 is 14.0 Å². The molecule has 2 aromatic carbocycles. The molecule has 7 nitrogen and oxygen atoms in total. The van der Waals surface area contributed by atoms with Crippen LogP contribution in [0.5, 0.6) is 0 Å². The van der Waals surface area contributed by atoms with Gasteiger partial charge in [-0.05, 0) is 55.3 Å². The summed E-state index contributed by atoms with van der Waals surface area (Å²) in [5, 5.41) is 2.98. The highest BCUT2D eigenvalue weighted by Gasteiger charge is 2.25. The average Bonchev–Trinajstić information content (AvgIpc) is 3.27. The Hall–Kier alpha value is -3.52. The van der Waals surface area contributed by atoms with Crippen LogP contribution in [0, 0.1) is 19.7 Å². The van der Waals surface area contributed by atoms with Crippen molar-refractivity contribution in [3.05, 3.63) is 77.6 Å². The van der Waals surface area contributed by atoms with E-state index in [1.54, 1.807) is 27.9 Å². The molecule has 0 spiro atoms. The smallest absolute Gasteiger partial charge is 0.272 e. The molecule has 0 atom stereocenters. The molecule has 0 radical (unpaired) electrons. The van der Waals surface area contributed by atoms with Crippen LogP contribution in [0.1, 0.15) is 21.6 Å². The lowest BCUT2D eigenvalue weighted by atomic mass is 10.1. The SMILES string of the molecule is Cc1cccc(NC(=O)CN2CCN(C(=O)c3cncn3-c3ccc(F)cc3)CC2)c1C. The molecule has 2 amide bonds. The van der Waals surface area contributed by atoms with Crippen LogP contribution in [-0.4, -0.2) is 63.9 Å². The average molecular weight is 436 g/mol. The Morgan fingerprint density at radius 2 is 1.75 bits per heavy atom. The van der Waals surface area contributed by atoms with Gasteiger partial charge in [-0.1, -0.05) is 12.1 Å². The van der Waals surface area contributed by atoms with Gasteiger partial charge in [0.1, 0.15) is 11.5 Å². The number of piperazine rings is 1. The summed E-state index contributed by atoms with van der Waals surface area (Å²) < 4.78 is 14.9. The first-order valence-electron chi connectivity index (χ1n) is 10.6. The van der Waals surface area contributed by atoms with Gasteiger partial charge in [-0.25, -0.2) is 9.37 Å². The van der Waals surface area contributed by atoms with E-state index >= 15 is 0 Å². The number of aromatic nitrogens is 2. The van der Waals surface area contributed by atoms with Gasteiger partial charge in [0.15, 0.2) is 0 Å². The maximum atomic E-state index is 13.2. The first-order valence-corrected chi connectivity index (χ1v) is 10.6. The second kappa shape index (κ2) is 9.32. The number of imidazole rings is 1. The van der Waals surface area contributed by atoms with Crippen LogP contribution >= 0.6 is 0 Å². The van der Waals surface area contributed by atoms with Crippen LogP contribution in [0.25, 0.3) is 5.69 Å². The third-order valence-corrected chi connectivity index (χ3v) is 5.87. The van der Waals surface area contributed by atoms with Crippen LogP contribution in [0.4, 0.5) is 10.1 Å². The van der Waals surface area contributed by atoms with E-state index in [-0.39, 0.29) is 24.2 Å². The number of anilines is 1. The van der Waals surface area contributed by atoms with E-state index in [1.165, 1.54) is 18.3 Å². The first kappa shape index (κ1) is 21.7. The molecular weight excluding hydrogens is 409 g/mol. The largest absolute Gasteiger partial charge is 0.335 e. The number of carbonyl (C=O) groups is 2. The maximum absolute atomic E-state index is 13.2. The molecule has 1 aliphatic rings. The van der Waals surface area contributed by atoms with Gasteiger partial charge in [-0.3, -0.25) is 19.1 Å². The zero-order valence-corrected chi connectivity index (χ0v) is 18.2. The number of hydrogen-bond donors (Lipinski definition) is 1. The summed E-state index contributed by atoms with van der Waals surface area (Å²) in [6.45, 7) is 6.54. The predicted molar refractivity (Wildman–Crippen MR) is 120 cm³/mol. The Kier molecular flexibility index (Phi) is 6.32. The van der Waals surface area contributed by atoms with Crippen molar-refractivity contribution in [2.24, 2.45) is 0 Å². The molecule has 1 N–H and O–H groups in total. The van der Waals surface area contributed by atoms with Crippen molar-refractivity contribution in [3.63, 3.8) is 0 Å². The summed E-state index contributed by atoms with van der Waals surface area (Å²) in [4.78, 5) is 33.5. The van der Waals surface area contributed by atoms with Crippen molar-refractivity contribution in [2.75, 3.05) is 38.0 Å². The minimum absolute atomic E-state index is 0.0622. The Balaban J connectivity index is 1.34. The number of carbonyl (C=O) groups excluding carboxylic acids is 2. The molecular formula is C24H26FN5O2. The number of nitrogens with one attached hydrogen (secondary N) is 1. The number of hydrogen-bond acceptors (Lipinski definition) is 4. The van der Waals surface area contributed by atoms with E-state index in [0.29, 0.717) is 37.6 Å². The van der Waals surface area contributed by atoms with Crippen molar-refractivity contribution in [3.8, 4) is 5.69 Å². The summed E-state index contributed by atoms with van der Waals surface area (Å²) in [6, 6.07) is 11.8. The van der Waals surface area contributed by atoms with E-state index < -0.39 is 0 Å². The van der Waals surface area contributed by atoms with Crippen molar-refractivity contribution in [1.29, 1.82) is 0 Å². The Morgan fingerprint density at radius 1 is 1.03 bits per heavy atom. The van der Waals surface area contributed by atoms with Crippen molar-refractivity contribution >= 4 is 17.5 Å². The molecule has 32 heavy (non-hydrogen) atoms. The fourth-order valence-corrected chi connectivity index (χ4v) is 3.81. The summed E-state index contributed by atoms with van der Waals surface area (Å²) in [5.41, 5.74) is 4.13. The molecule has 8 heteroatoms. The molecule has 166 valence electrons. The maximum Gasteiger partial charge on any atom is 0.272 e. The van der Waals surface area contributed by atoms with Crippen LogP contribution in [-0.2, 0) is 4.79 Å². The van der Waals surface area contributed by atoms with Crippen LogP contribution in [0.15, 0.2) is 55.0 Å². The lowest BCUT2D eigenvalue weighted by Gasteiger charge is -2.34. The molecule has 3 aromatic rings. The normalized spacial score (nSPS) is 14.4. The van der Waals surface area contributed by atoms with Crippen molar-refractivity contribution in [1.82, 2.24) is 19.4 Å². The Bertz CT molecular complexity index is 1120. The van der Waals surface area contributed by atoms with Gasteiger partial charge < -0.3 is 10.2 Å². The fourth-order valence-electron chi connectivity index (χ4n) is 3.81. The van der Waals surface area contributed by atoms with Gasteiger partial charge in [-0.2, -0.15) is 0 Å². The van der Waals surface area contributed by atoms with Crippen LogP contribution < -0.4 is 5.32 Å². The predicted octanol–water partition coefficient (Wildman–Crippen LogP) is 3.02. The summed E-state index contributed by atoms with van der Waals surface area (Å²) in [5.74, 6) is -0.529. The molecule has 0 saturated carbocycles. The lowest BCUT2D eigenvalue weighted by molar-refractivity contribution is -0.117. The van der Waals surface area contributed by atoms with Gasteiger partial charge >= 0.3 is 0 Å². The summed E-state index contributed by atoms with van der Waals surface area (Å²) in [6.07, 6.45) is 3.07. The molecule has 0 unspecified atom stereocenters. The van der Waals surface area contributed by atoms with Gasteiger partial charge in [0.25, 0.3) is 5.91 Å². The minimum Gasteiger partial charge on any atom is -0.335 e. The Morgan fingerprint density at radius 3 is 2.47 bits per heavy atom. The molecule has 2 heterocycles. The lowest BCUT2D eigenvalue weighted by Crippen LogP contribution is -2.50. The van der Waals surface area contributed by atoms with E-state index in [2.05, 4.69) is 10.3 Å². The van der Waals surface area contributed by atoms with Gasteiger partial charge in [0, 0.05) is 37.6 Å². The summed E-state index contributed by atoms with van der Waals surface area (Å²) >= 11 is 0. The zero-order chi connectivity index (χ0) is 22.7. The topological polar surface area (TPSA) is 70.5 Å². The van der Waals surface area contributed by atoms with E-state index in [9.17, 15) is 14.0 Å². The standard InChI is InChI=1S/C24H26FN5O2/c1-17-4-3-5-21(18(17)2)27-23(31)15-28-10-12-29(13-11-28)24(32)22-14-26-16-30(22)20-8-6-19(25)7-9-20/h3-9,14,16H,10-13,15H2,1-2H3,(H,27,31). The van der Waals surface area contributed by atoms with E-state index in [1.807, 2.05) is 36.9 Å². The quantitative estimate of drug-likeness (QED) is 0.669. The third kappa shape index (κ3) is 4.70. The van der Waals surface area contributed by atoms with Crippen LogP contribution in [0.2, 0.25) is 0 Å². The number of rotatable bonds is 5. The molecule has 0 bridgehead atoms. The van der Waals surface area contributed by atoms with E-state index in [0.717, 1.165) is 16.8 Å². The van der Waals surface area contributed by atoms with Gasteiger partial charge in [0.2, 0.25) is 5.91 Å². The molecule has 1 fully saturated rings. The molecule has 1 saturated heterocycles. The fraction of sp³-hybridized carbons (Fsp3) is 0.292. The highest BCUT2D eigenvalue weighted by atomic mass is 19.1. The highest BCUT2D eigenvalue weighted by Crippen LogP contribution is 2.18. The van der Waals surface area contributed by atoms with Gasteiger partial charge in [-0.15, -0.1) is 0 Å². The molecule has 1 aliphatic heterocycles. The number of halogens is 1. The number of aryl methyl sites for hydroxylation is 1. The molecule has 1 aromatic heterocycles. The number of nitrogens with zero attached hydrogens (tertiary/aromatic N) is 4. The zero-order valence-electron chi connectivity index (χ0n) is 18.2. The summed E-state index contributed by atoms with van der Waals surface area (Å²) in [7, 11) is 0. The van der Waals surface area contributed by atoms with Crippen molar-refractivity contribution in [2.45, 2.75) is 13.8 Å². The number of benzene rings is 2. The Labute approximate surface area is 186 Å². The first-order chi connectivity index (χ1) is 15.4. The second-order valence-corrected chi connectivity index (χ2v) is 7.99.